The molecule has 1 aliphatic rings. The minimum Gasteiger partial charge on any atom is -0.385 e. The van der Waals surface area contributed by atoms with Crippen LogP contribution < -0.4 is 5.32 Å². The first-order valence-corrected chi connectivity index (χ1v) is 5.86. The molecule has 0 bridgehead atoms. The summed E-state index contributed by atoms with van der Waals surface area (Å²) in [6, 6.07) is 0.852. The van der Waals surface area contributed by atoms with Crippen molar-refractivity contribution in [1.82, 2.24) is 5.32 Å². The van der Waals surface area contributed by atoms with Crippen molar-refractivity contribution >= 4 is 0 Å². The van der Waals surface area contributed by atoms with E-state index < -0.39 is 0 Å². The van der Waals surface area contributed by atoms with Crippen LogP contribution in [0.5, 0.6) is 0 Å². The Kier molecular flexibility index (Phi) is 4.90. The van der Waals surface area contributed by atoms with Crippen molar-refractivity contribution in [3.63, 3.8) is 0 Å². The third-order valence-electron chi connectivity index (χ3n) is 3.01. The van der Waals surface area contributed by atoms with Gasteiger partial charge in [-0.25, -0.2) is 0 Å². The summed E-state index contributed by atoms with van der Waals surface area (Å²) >= 11 is 0. The molecule has 0 aromatic heterocycles. The second kappa shape index (κ2) is 5.72. The summed E-state index contributed by atoms with van der Waals surface area (Å²) in [5.41, 5.74) is 0.473. The predicted molar refractivity (Wildman–Crippen MR) is 60.5 cm³/mol. The van der Waals surface area contributed by atoms with Crippen molar-refractivity contribution < 1.29 is 4.74 Å². The summed E-state index contributed by atoms with van der Waals surface area (Å²) in [5.74, 6) is 0. The van der Waals surface area contributed by atoms with Gasteiger partial charge in [-0.2, -0.15) is 0 Å². The SMILES string of the molecule is COCCCC(C)(C)CCNC1CC1. The molecule has 0 aliphatic heterocycles. The lowest BCUT2D eigenvalue weighted by molar-refractivity contribution is 0.172. The van der Waals surface area contributed by atoms with Crippen LogP contribution in [0.2, 0.25) is 0 Å². The van der Waals surface area contributed by atoms with E-state index >= 15 is 0 Å². The largest absolute Gasteiger partial charge is 0.385 e. The van der Waals surface area contributed by atoms with Crippen LogP contribution in [0.1, 0.15) is 46.0 Å². The minimum absolute atomic E-state index is 0.473. The monoisotopic (exact) mass is 199 g/mol. The summed E-state index contributed by atoms with van der Waals surface area (Å²) in [6.45, 7) is 6.80. The lowest BCUT2D eigenvalue weighted by Crippen LogP contribution is -2.24. The first-order chi connectivity index (χ1) is 6.64. The van der Waals surface area contributed by atoms with Gasteiger partial charge < -0.3 is 10.1 Å². The summed E-state index contributed by atoms with van der Waals surface area (Å²) in [6.07, 6.45) is 6.53. The molecule has 0 unspecified atom stereocenters. The van der Waals surface area contributed by atoms with Crippen LogP contribution in [0.4, 0.5) is 0 Å². The lowest BCUT2D eigenvalue weighted by atomic mass is 9.84. The molecule has 0 heterocycles. The second-order valence-corrected chi connectivity index (χ2v) is 5.24. The first kappa shape index (κ1) is 12.0. The van der Waals surface area contributed by atoms with Crippen LogP contribution in [-0.4, -0.2) is 26.3 Å². The zero-order valence-corrected chi connectivity index (χ0v) is 9.94. The molecule has 0 spiro atoms. The number of rotatable bonds is 8. The molecule has 0 aromatic carbocycles. The molecule has 0 atom stereocenters. The van der Waals surface area contributed by atoms with Gasteiger partial charge in [-0.05, 0) is 44.1 Å². The Bertz CT molecular complexity index is 152. The Balaban J connectivity index is 1.99. The fraction of sp³-hybridized carbons (Fsp3) is 1.00. The maximum Gasteiger partial charge on any atom is 0.0462 e. The molecule has 1 rings (SSSR count). The van der Waals surface area contributed by atoms with Crippen molar-refractivity contribution in [2.24, 2.45) is 5.41 Å². The second-order valence-electron chi connectivity index (χ2n) is 5.24. The molecular formula is C12H25NO. The Hall–Kier alpha value is -0.0800. The highest BCUT2D eigenvalue weighted by Gasteiger charge is 2.22. The molecule has 0 aromatic rings. The van der Waals surface area contributed by atoms with Crippen molar-refractivity contribution in [2.75, 3.05) is 20.3 Å². The normalized spacial score (nSPS) is 17.4. The number of ether oxygens (including phenoxy) is 1. The standard InChI is InChI=1S/C12H25NO/c1-12(2,7-4-10-14-3)8-9-13-11-5-6-11/h11,13H,4-10H2,1-3H3. The molecule has 84 valence electrons. The number of hydrogen-bond acceptors (Lipinski definition) is 2. The molecule has 1 saturated carbocycles. The van der Waals surface area contributed by atoms with E-state index in [1.54, 1.807) is 7.11 Å². The Labute approximate surface area is 88.4 Å². The molecule has 1 N–H and O–H groups in total. The molecule has 1 aliphatic carbocycles. The predicted octanol–water partition coefficient (Wildman–Crippen LogP) is 2.58. The number of nitrogens with one attached hydrogen (secondary N) is 1. The van der Waals surface area contributed by atoms with Crippen LogP contribution in [-0.2, 0) is 4.74 Å². The molecule has 2 heteroatoms. The summed E-state index contributed by atoms with van der Waals surface area (Å²) in [4.78, 5) is 0. The molecule has 14 heavy (non-hydrogen) atoms. The van der Waals surface area contributed by atoms with E-state index in [4.69, 9.17) is 4.74 Å². The molecule has 0 amide bonds. The highest BCUT2D eigenvalue weighted by Crippen LogP contribution is 2.27. The van der Waals surface area contributed by atoms with E-state index in [1.807, 2.05) is 0 Å². The summed E-state index contributed by atoms with van der Waals surface area (Å²) in [7, 11) is 1.78. The highest BCUT2D eigenvalue weighted by molar-refractivity contribution is 4.81. The van der Waals surface area contributed by atoms with Gasteiger partial charge in [0, 0.05) is 19.8 Å². The van der Waals surface area contributed by atoms with Crippen LogP contribution in [0.25, 0.3) is 0 Å². The zero-order valence-electron chi connectivity index (χ0n) is 9.94. The maximum atomic E-state index is 5.07. The Morgan fingerprint density at radius 3 is 2.57 bits per heavy atom. The third kappa shape index (κ3) is 5.61. The lowest BCUT2D eigenvalue weighted by Gasteiger charge is -2.24. The fourth-order valence-electron chi connectivity index (χ4n) is 1.72. The van der Waals surface area contributed by atoms with E-state index in [0.717, 1.165) is 12.6 Å². The smallest absolute Gasteiger partial charge is 0.0462 e. The van der Waals surface area contributed by atoms with Gasteiger partial charge in [0.15, 0.2) is 0 Å². The first-order valence-electron chi connectivity index (χ1n) is 5.86. The quantitative estimate of drug-likeness (QED) is 0.607. The van der Waals surface area contributed by atoms with E-state index in [0.29, 0.717) is 5.41 Å². The van der Waals surface area contributed by atoms with Crippen LogP contribution in [0.15, 0.2) is 0 Å². The summed E-state index contributed by atoms with van der Waals surface area (Å²) < 4.78 is 5.07. The van der Waals surface area contributed by atoms with Crippen LogP contribution >= 0.6 is 0 Å². The van der Waals surface area contributed by atoms with Crippen molar-refractivity contribution in [1.29, 1.82) is 0 Å². The molecule has 2 nitrogen and oxygen atoms in total. The van der Waals surface area contributed by atoms with Crippen LogP contribution in [0, 0.1) is 5.41 Å². The fourth-order valence-corrected chi connectivity index (χ4v) is 1.72. The average molecular weight is 199 g/mol. The highest BCUT2D eigenvalue weighted by atomic mass is 16.5. The Morgan fingerprint density at radius 1 is 1.29 bits per heavy atom. The van der Waals surface area contributed by atoms with Crippen molar-refractivity contribution in [3.05, 3.63) is 0 Å². The van der Waals surface area contributed by atoms with Crippen molar-refractivity contribution in [3.8, 4) is 0 Å². The van der Waals surface area contributed by atoms with Gasteiger partial charge in [-0.1, -0.05) is 13.8 Å². The van der Waals surface area contributed by atoms with Crippen LogP contribution in [0.3, 0.4) is 0 Å². The van der Waals surface area contributed by atoms with E-state index in [9.17, 15) is 0 Å². The summed E-state index contributed by atoms with van der Waals surface area (Å²) in [5, 5.41) is 3.57. The zero-order chi connectivity index (χ0) is 10.4. The van der Waals surface area contributed by atoms with Gasteiger partial charge in [-0.3, -0.25) is 0 Å². The minimum atomic E-state index is 0.473. The number of methoxy groups -OCH3 is 1. The molecule has 1 fully saturated rings. The Morgan fingerprint density at radius 2 is 2.00 bits per heavy atom. The van der Waals surface area contributed by atoms with Gasteiger partial charge in [0.05, 0.1) is 0 Å². The third-order valence-corrected chi connectivity index (χ3v) is 3.01. The van der Waals surface area contributed by atoms with Gasteiger partial charge >= 0.3 is 0 Å². The maximum absolute atomic E-state index is 5.07. The van der Waals surface area contributed by atoms with E-state index in [1.165, 1.54) is 38.6 Å². The topological polar surface area (TPSA) is 21.3 Å². The van der Waals surface area contributed by atoms with Crippen molar-refractivity contribution in [2.45, 2.75) is 52.0 Å². The molecular weight excluding hydrogens is 174 g/mol. The van der Waals surface area contributed by atoms with Gasteiger partial charge in [0.2, 0.25) is 0 Å². The molecule has 0 radical (unpaired) electrons. The van der Waals surface area contributed by atoms with E-state index in [2.05, 4.69) is 19.2 Å². The number of hydrogen-bond donors (Lipinski definition) is 1. The van der Waals surface area contributed by atoms with Gasteiger partial charge in [0.25, 0.3) is 0 Å². The van der Waals surface area contributed by atoms with Gasteiger partial charge in [-0.15, -0.1) is 0 Å². The molecule has 0 saturated heterocycles. The van der Waals surface area contributed by atoms with Gasteiger partial charge in [0.1, 0.15) is 0 Å². The van der Waals surface area contributed by atoms with E-state index in [-0.39, 0.29) is 0 Å². The average Bonchev–Trinajstić information content (AvgIpc) is 2.88.